The van der Waals surface area contributed by atoms with Crippen LogP contribution < -0.4 is 4.74 Å². The third-order valence-electron chi connectivity index (χ3n) is 1.77. The van der Waals surface area contributed by atoms with Crippen molar-refractivity contribution < 1.29 is 17.9 Å². The van der Waals surface area contributed by atoms with Gasteiger partial charge in [-0.3, -0.25) is 0 Å². The molecule has 0 N–H and O–H groups in total. The van der Waals surface area contributed by atoms with Gasteiger partial charge in [0, 0.05) is 3.57 Å². The van der Waals surface area contributed by atoms with Gasteiger partial charge in [-0.1, -0.05) is 0 Å². The maximum Gasteiger partial charge on any atom is 0.417 e. The van der Waals surface area contributed by atoms with Crippen molar-refractivity contribution in [2.45, 2.75) is 13.1 Å². The number of rotatable bonds is 1. The number of alkyl halides is 3. The number of benzene rings is 1. The van der Waals surface area contributed by atoms with Crippen LogP contribution in [0.3, 0.4) is 0 Å². The molecule has 0 aliphatic carbocycles. The zero-order valence-electron chi connectivity index (χ0n) is 7.57. The Balaban J connectivity index is 3.35. The first kappa shape index (κ1) is 11.6. The lowest BCUT2D eigenvalue weighted by Crippen LogP contribution is -2.09. The van der Waals surface area contributed by atoms with E-state index < -0.39 is 11.7 Å². The van der Waals surface area contributed by atoms with Gasteiger partial charge in [-0.05, 0) is 47.2 Å². The van der Waals surface area contributed by atoms with Crippen molar-refractivity contribution in [3.05, 3.63) is 26.8 Å². The molecule has 1 nitrogen and oxygen atoms in total. The molecule has 14 heavy (non-hydrogen) atoms. The molecular formula is C9H8F3IO. The second-order valence-electron chi connectivity index (χ2n) is 2.80. The topological polar surface area (TPSA) is 9.23 Å². The molecule has 0 unspecified atom stereocenters. The fourth-order valence-corrected chi connectivity index (χ4v) is 1.68. The Morgan fingerprint density at radius 1 is 1.29 bits per heavy atom. The molecule has 0 radical (unpaired) electrons. The van der Waals surface area contributed by atoms with Crippen molar-refractivity contribution in [3.63, 3.8) is 0 Å². The molecule has 0 heterocycles. The lowest BCUT2D eigenvalue weighted by atomic mass is 10.1. The molecule has 0 bridgehead atoms. The van der Waals surface area contributed by atoms with E-state index in [1.165, 1.54) is 7.11 Å². The highest BCUT2D eigenvalue weighted by Gasteiger charge is 2.34. The van der Waals surface area contributed by atoms with Gasteiger partial charge in [-0.25, -0.2) is 0 Å². The second-order valence-corrected chi connectivity index (χ2v) is 3.88. The molecule has 0 fully saturated rings. The highest BCUT2D eigenvalue weighted by Crippen LogP contribution is 2.36. The molecule has 1 aromatic carbocycles. The molecule has 0 amide bonds. The Hall–Kier alpha value is -0.460. The van der Waals surface area contributed by atoms with E-state index in [0.717, 1.165) is 6.07 Å². The summed E-state index contributed by atoms with van der Waals surface area (Å²) in [4.78, 5) is 0. The van der Waals surface area contributed by atoms with Gasteiger partial charge >= 0.3 is 6.18 Å². The van der Waals surface area contributed by atoms with Crippen molar-refractivity contribution in [2.24, 2.45) is 0 Å². The van der Waals surface area contributed by atoms with E-state index in [1.54, 1.807) is 35.6 Å². The zero-order chi connectivity index (χ0) is 10.9. The summed E-state index contributed by atoms with van der Waals surface area (Å²) < 4.78 is 42.5. The molecule has 5 heteroatoms. The largest absolute Gasteiger partial charge is 0.497 e. The highest BCUT2D eigenvalue weighted by atomic mass is 127. The molecule has 0 atom stereocenters. The predicted molar refractivity (Wildman–Crippen MR) is 55.5 cm³/mol. The summed E-state index contributed by atoms with van der Waals surface area (Å²) in [6.45, 7) is 1.62. The first-order chi connectivity index (χ1) is 6.36. The number of halogens is 4. The summed E-state index contributed by atoms with van der Waals surface area (Å²) in [6, 6.07) is 2.59. The third kappa shape index (κ3) is 2.31. The lowest BCUT2D eigenvalue weighted by Gasteiger charge is -2.12. The number of hydrogen-bond donors (Lipinski definition) is 0. The lowest BCUT2D eigenvalue weighted by molar-refractivity contribution is -0.138. The van der Waals surface area contributed by atoms with Gasteiger partial charge in [0.05, 0.1) is 12.7 Å². The Morgan fingerprint density at radius 2 is 1.86 bits per heavy atom. The van der Waals surface area contributed by atoms with Gasteiger partial charge in [0.1, 0.15) is 5.75 Å². The fourth-order valence-electron chi connectivity index (χ4n) is 1.06. The number of hydrogen-bond acceptors (Lipinski definition) is 1. The van der Waals surface area contributed by atoms with E-state index in [4.69, 9.17) is 4.74 Å². The summed E-state index contributed by atoms with van der Waals surface area (Å²) in [5.74, 6) is 0.232. The Bertz CT molecular complexity index is 347. The molecule has 0 saturated heterocycles. The highest BCUT2D eigenvalue weighted by molar-refractivity contribution is 14.1. The number of methoxy groups -OCH3 is 1. The van der Waals surface area contributed by atoms with E-state index in [9.17, 15) is 13.2 Å². The second kappa shape index (κ2) is 3.96. The van der Waals surface area contributed by atoms with Crippen LogP contribution in [0.5, 0.6) is 5.75 Å². The van der Waals surface area contributed by atoms with Gasteiger partial charge in [-0.15, -0.1) is 0 Å². The Morgan fingerprint density at radius 3 is 2.29 bits per heavy atom. The van der Waals surface area contributed by atoms with Crippen LogP contribution in [0.25, 0.3) is 0 Å². The standard InChI is InChI=1S/C9H8F3IO/c1-5-3-6(14-2)4-7(8(5)13)9(10,11)12/h3-4H,1-2H3. The third-order valence-corrected chi connectivity index (χ3v) is 3.20. The van der Waals surface area contributed by atoms with Crippen LogP contribution in [0, 0.1) is 10.5 Å². The van der Waals surface area contributed by atoms with Gasteiger partial charge in [0.15, 0.2) is 0 Å². The van der Waals surface area contributed by atoms with Crippen LogP contribution in [0.4, 0.5) is 13.2 Å². The van der Waals surface area contributed by atoms with E-state index in [2.05, 4.69) is 0 Å². The van der Waals surface area contributed by atoms with Crippen LogP contribution in [0.1, 0.15) is 11.1 Å². The Labute approximate surface area is 93.4 Å². The molecular weight excluding hydrogens is 308 g/mol. The normalized spacial score (nSPS) is 11.6. The van der Waals surface area contributed by atoms with E-state index >= 15 is 0 Å². The molecule has 0 aliphatic heterocycles. The number of ether oxygens (including phenoxy) is 1. The van der Waals surface area contributed by atoms with Crippen molar-refractivity contribution in [3.8, 4) is 5.75 Å². The molecule has 1 aromatic rings. The minimum Gasteiger partial charge on any atom is -0.497 e. The van der Waals surface area contributed by atoms with Gasteiger partial charge in [0.25, 0.3) is 0 Å². The van der Waals surface area contributed by atoms with Crippen molar-refractivity contribution in [1.29, 1.82) is 0 Å². The van der Waals surface area contributed by atoms with Crippen LogP contribution in [-0.2, 0) is 6.18 Å². The first-order valence-corrected chi connectivity index (χ1v) is 4.85. The van der Waals surface area contributed by atoms with E-state index in [-0.39, 0.29) is 9.32 Å². The summed E-state index contributed by atoms with van der Waals surface area (Å²) in [7, 11) is 1.35. The monoisotopic (exact) mass is 316 g/mol. The average molecular weight is 316 g/mol. The van der Waals surface area contributed by atoms with E-state index in [1.807, 2.05) is 0 Å². The maximum absolute atomic E-state index is 12.5. The first-order valence-electron chi connectivity index (χ1n) is 3.77. The maximum atomic E-state index is 12.5. The van der Waals surface area contributed by atoms with E-state index in [0.29, 0.717) is 5.56 Å². The van der Waals surface area contributed by atoms with Crippen LogP contribution in [-0.4, -0.2) is 7.11 Å². The Kier molecular flexibility index (Phi) is 3.28. The van der Waals surface area contributed by atoms with Gasteiger partial charge < -0.3 is 4.74 Å². The van der Waals surface area contributed by atoms with Crippen molar-refractivity contribution in [1.82, 2.24) is 0 Å². The van der Waals surface area contributed by atoms with Crippen molar-refractivity contribution in [2.75, 3.05) is 7.11 Å². The summed E-state index contributed by atoms with van der Waals surface area (Å²) >= 11 is 1.69. The van der Waals surface area contributed by atoms with Gasteiger partial charge in [-0.2, -0.15) is 13.2 Å². The number of aryl methyl sites for hydroxylation is 1. The molecule has 0 saturated carbocycles. The van der Waals surface area contributed by atoms with Crippen LogP contribution in [0.2, 0.25) is 0 Å². The van der Waals surface area contributed by atoms with Gasteiger partial charge in [0.2, 0.25) is 0 Å². The molecule has 0 spiro atoms. The molecule has 0 aromatic heterocycles. The molecule has 1 rings (SSSR count). The minimum absolute atomic E-state index is 0.218. The quantitative estimate of drug-likeness (QED) is 0.719. The molecule has 78 valence electrons. The summed E-state index contributed by atoms with van der Waals surface area (Å²) in [6.07, 6.45) is -4.32. The molecule has 0 aliphatic rings. The minimum atomic E-state index is -4.32. The van der Waals surface area contributed by atoms with Crippen LogP contribution >= 0.6 is 22.6 Å². The SMILES string of the molecule is COc1cc(C)c(I)c(C(F)(F)F)c1. The summed E-state index contributed by atoms with van der Waals surface area (Å²) in [5.41, 5.74) is -0.0766. The summed E-state index contributed by atoms with van der Waals surface area (Å²) in [5, 5.41) is 0. The zero-order valence-corrected chi connectivity index (χ0v) is 9.73. The fraction of sp³-hybridized carbons (Fsp3) is 0.333. The van der Waals surface area contributed by atoms with Crippen molar-refractivity contribution >= 4 is 22.6 Å². The smallest absolute Gasteiger partial charge is 0.417 e. The average Bonchev–Trinajstić information content (AvgIpc) is 2.07. The predicted octanol–water partition coefficient (Wildman–Crippen LogP) is 3.63. The van der Waals surface area contributed by atoms with Crippen LogP contribution in [0.15, 0.2) is 12.1 Å².